The van der Waals surface area contributed by atoms with Gasteiger partial charge < -0.3 is 29.8 Å². The van der Waals surface area contributed by atoms with Gasteiger partial charge in [-0.05, 0) is 82.7 Å². The number of hydrogen-bond donors (Lipinski definition) is 4. The molecule has 3 aliphatic rings. The number of nitrogens with zero attached hydrogens (tertiary/aromatic N) is 2. The Hall–Kier alpha value is -1.64. The maximum absolute atomic E-state index is 13.3. The van der Waals surface area contributed by atoms with Gasteiger partial charge in [-0.25, -0.2) is 0 Å². The Morgan fingerprint density at radius 1 is 1.18 bits per heavy atom. The first kappa shape index (κ1) is 24.5. The molecule has 0 bridgehead atoms. The van der Waals surface area contributed by atoms with Crippen molar-refractivity contribution < 1.29 is 9.53 Å². The molecule has 3 heterocycles. The first-order valence-electron chi connectivity index (χ1n) is 13.0. The molecule has 0 radical (unpaired) electrons. The number of carbonyl (C=O) groups is 1. The molecule has 8 heteroatoms. The Labute approximate surface area is 198 Å². The van der Waals surface area contributed by atoms with Gasteiger partial charge in [-0.1, -0.05) is 0 Å². The van der Waals surface area contributed by atoms with Crippen LogP contribution in [0.1, 0.15) is 51.9 Å². The molecule has 1 aromatic rings. The van der Waals surface area contributed by atoms with Crippen LogP contribution in [-0.4, -0.2) is 60.0 Å². The van der Waals surface area contributed by atoms with E-state index in [0.29, 0.717) is 42.1 Å². The number of aromatic nitrogens is 2. The zero-order chi connectivity index (χ0) is 23.4. The van der Waals surface area contributed by atoms with E-state index in [1.807, 2.05) is 28.6 Å². The van der Waals surface area contributed by atoms with Crippen molar-refractivity contribution >= 4 is 5.91 Å². The van der Waals surface area contributed by atoms with Crippen LogP contribution in [0.2, 0.25) is 0 Å². The second kappa shape index (κ2) is 11.2. The summed E-state index contributed by atoms with van der Waals surface area (Å²) in [5, 5.41) is 18.8. The van der Waals surface area contributed by atoms with Crippen LogP contribution in [0.3, 0.4) is 0 Å². The molecule has 2 saturated heterocycles. The molecule has 2 aliphatic heterocycles. The highest BCUT2D eigenvalue weighted by atomic mass is 16.5. The Balaban J connectivity index is 1.41. The van der Waals surface area contributed by atoms with E-state index >= 15 is 0 Å². The van der Waals surface area contributed by atoms with Crippen LogP contribution in [0.5, 0.6) is 0 Å². The van der Waals surface area contributed by atoms with E-state index in [-0.39, 0.29) is 17.9 Å². The number of hydrogen-bond acceptors (Lipinski definition) is 5. The van der Waals surface area contributed by atoms with E-state index in [4.69, 9.17) is 10.1 Å². The lowest BCUT2D eigenvalue weighted by molar-refractivity contribution is -0.128. The fourth-order valence-corrected chi connectivity index (χ4v) is 6.56. The lowest BCUT2D eigenvalue weighted by atomic mass is 9.67. The van der Waals surface area contributed by atoms with Gasteiger partial charge in [-0.3, -0.25) is 10.2 Å². The van der Waals surface area contributed by atoms with Gasteiger partial charge in [0.25, 0.3) is 0 Å². The van der Waals surface area contributed by atoms with Crippen molar-refractivity contribution in [2.75, 3.05) is 26.7 Å². The summed E-state index contributed by atoms with van der Waals surface area (Å²) < 4.78 is 9.43. The molecule has 1 aliphatic carbocycles. The molecular formula is C25H44N6O2. The SMILES string of the molecule is COC1CCNC(CNC(=O)C2CC(Cn3ccn(C)c3=N)CC(C3CCCNC3C)C2)C1. The number of imidazole rings is 1. The monoisotopic (exact) mass is 460 g/mol. The van der Waals surface area contributed by atoms with Crippen LogP contribution in [0.4, 0.5) is 0 Å². The molecule has 33 heavy (non-hydrogen) atoms. The molecule has 0 spiro atoms. The van der Waals surface area contributed by atoms with E-state index in [2.05, 4.69) is 22.9 Å². The molecule has 8 nitrogen and oxygen atoms in total. The van der Waals surface area contributed by atoms with Crippen LogP contribution in [-0.2, 0) is 23.1 Å². The summed E-state index contributed by atoms with van der Waals surface area (Å²) in [6.45, 7) is 5.88. The zero-order valence-corrected chi connectivity index (χ0v) is 20.7. The fourth-order valence-electron chi connectivity index (χ4n) is 6.56. The van der Waals surface area contributed by atoms with Gasteiger partial charge in [0.15, 0.2) is 0 Å². The highest BCUT2D eigenvalue weighted by Crippen LogP contribution is 2.41. The number of nitrogens with one attached hydrogen (secondary N) is 4. The summed E-state index contributed by atoms with van der Waals surface area (Å²) in [5.74, 6) is 1.90. The summed E-state index contributed by atoms with van der Waals surface area (Å²) in [6, 6.07) is 0.802. The summed E-state index contributed by atoms with van der Waals surface area (Å²) in [4.78, 5) is 13.3. The van der Waals surface area contributed by atoms with Crippen molar-refractivity contribution in [3.63, 3.8) is 0 Å². The van der Waals surface area contributed by atoms with Gasteiger partial charge in [-0.15, -0.1) is 0 Å². The maximum atomic E-state index is 13.3. The number of rotatable bonds is 7. The minimum Gasteiger partial charge on any atom is -0.381 e. The van der Waals surface area contributed by atoms with Gasteiger partial charge in [0.1, 0.15) is 0 Å². The van der Waals surface area contributed by atoms with Crippen LogP contribution in [0, 0.1) is 29.1 Å². The highest BCUT2D eigenvalue weighted by molar-refractivity contribution is 5.78. The molecular weight excluding hydrogens is 416 g/mol. The van der Waals surface area contributed by atoms with Gasteiger partial charge in [0.2, 0.25) is 11.5 Å². The third-order valence-electron chi connectivity index (χ3n) is 8.47. The van der Waals surface area contributed by atoms with Gasteiger partial charge in [0.05, 0.1) is 6.10 Å². The van der Waals surface area contributed by atoms with Crippen LogP contribution >= 0.6 is 0 Å². The van der Waals surface area contributed by atoms with E-state index < -0.39 is 0 Å². The van der Waals surface area contributed by atoms with E-state index in [0.717, 1.165) is 51.7 Å². The predicted molar refractivity (Wildman–Crippen MR) is 129 cm³/mol. The molecule has 1 amide bonds. The molecule has 4 N–H and O–H groups in total. The highest BCUT2D eigenvalue weighted by Gasteiger charge is 2.39. The molecule has 7 atom stereocenters. The summed E-state index contributed by atoms with van der Waals surface area (Å²) in [5.41, 5.74) is 0.530. The summed E-state index contributed by atoms with van der Waals surface area (Å²) in [6.07, 6.45) is 11.8. The predicted octanol–water partition coefficient (Wildman–Crippen LogP) is 1.61. The summed E-state index contributed by atoms with van der Waals surface area (Å²) >= 11 is 0. The van der Waals surface area contributed by atoms with Crippen LogP contribution in [0.25, 0.3) is 0 Å². The molecule has 1 saturated carbocycles. The first-order valence-corrected chi connectivity index (χ1v) is 13.0. The second-order valence-electron chi connectivity index (χ2n) is 10.7. The Morgan fingerprint density at radius 3 is 2.76 bits per heavy atom. The van der Waals surface area contributed by atoms with Crippen LogP contribution in [0.15, 0.2) is 12.4 Å². The largest absolute Gasteiger partial charge is 0.381 e. The first-order chi connectivity index (χ1) is 15.9. The minimum absolute atomic E-state index is 0.0585. The number of carbonyl (C=O) groups excluding carboxylic acids is 1. The van der Waals surface area contributed by atoms with E-state index in [1.54, 1.807) is 7.11 Å². The maximum Gasteiger partial charge on any atom is 0.223 e. The van der Waals surface area contributed by atoms with Gasteiger partial charge >= 0.3 is 0 Å². The lowest BCUT2D eigenvalue weighted by Gasteiger charge is -2.42. The molecule has 7 unspecified atom stereocenters. The Bertz CT molecular complexity index is 835. The van der Waals surface area contributed by atoms with Crippen molar-refractivity contribution in [2.24, 2.45) is 30.7 Å². The number of amides is 1. The minimum atomic E-state index is 0.0585. The Morgan fingerprint density at radius 2 is 2.03 bits per heavy atom. The van der Waals surface area contributed by atoms with Gasteiger partial charge in [0, 0.05) is 57.6 Å². The number of aryl methyl sites for hydroxylation is 1. The van der Waals surface area contributed by atoms with Crippen molar-refractivity contribution in [3.8, 4) is 0 Å². The quantitative estimate of drug-likeness (QED) is 0.497. The molecule has 0 aromatic carbocycles. The number of ether oxygens (including phenoxy) is 1. The van der Waals surface area contributed by atoms with Crippen molar-refractivity contribution in [1.82, 2.24) is 25.1 Å². The zero-order valence-electron chi connectivity index (χ0n) is 20.7. The average molecular weight is 461 g/mol. The van der Waals surface area contributed by atoms with E-state index in [1.165, 1.54) is 12.8 Å². The molecule has 4 rings (SSSR count). The second-order valence-corrected chi connectivity index (χ2v) is 10.7. The third kappa shape index (κ3) is 6.08. The summed E-state index contributed by atoms with van der Waals surface area (Å²) in [7, 11) is 3.70. The molecule has 1 aromatic heterocycles. The van der Waals surface area contributed by atoms with Crippen LogP contribution < -0.4 is 21.6 Å². The average Bonchev–Trinajstić information content (AvgIpc) is 3.15. The smallest absolute Gasteiger partial charge is 0.223 e. The lowest BCUT2D eigenvalue weighted by Crippen LogP contribution is -2.50. The standard InChI is InChI=1S/C25H44N6O2/c1-17-23(5-4-7-27-17)19-11-18(16-31-10-9-30(2)25(31)26)12-20(13-19)24(32)29-15-21-14-22(33-3)6-8-28-21/h9-10,17-23,26-28H,4-8,11-16H2,1-3H3,(H,29,32). The van der Waals surface area contributed by atoms with E-state index in [9.17, 15) is 4.79 Å². The normalized spacial score (nSPS) is 35.3. The fraction of sp³-hybridized carbons (Fsp3) is 0.840. The molecule has 186 valence electrons. The Kier molecular flexibility index (Phi) is 8.30. The topological polar surface area (TPSA) is 96.1 Å². The van der Waals surface area contributed by atoms with Crippen molar-refractivity contribution in [2.45, 2.75) is 76.6 Å². The van der Waals surface area contributed by atoms with Crippen molar-refractivity contribution in [1.29, 1.82) is 5.41 Å². The molecule has 3 fully saturated rings. The number of piperidine rings is 2. The third-order valence-corrected chi connectivity index (χ3v) is 8.47. The van der Waals surface area contributed by atoms with Crippen molar-refractivity contribution in [3.05, 3.63) is 18.0 Å². The van der Waals surface area contributed by atoms with Gasteiger partial charge in [-0.2, -0.15) is 0 Å². The number of methoxy groups -OCH3 is 1.